The van der Waals surface area contributed by atoms with Crippen molar-refractivity contribution < 1.29 is 9.21 Å². The van der Waals surface area contributed by atoms with Gasteiger partial charge in [-0.05, 0) is 43.3 Å². The van der Waals surface area contributed by atoms with Crippen molar-refractivity contribution in [3.05, 3.63) is 82.6 Å². The van der Waals surface area contributed by atoms with Gasteiger partial charge < -0.3 is 9.73 Å². The molecule has 3 heterocycles. The van der Waals surface area contributed by atoms with Gasteiger partial charge in [-0.2, -0.15) is 5.10 Å². The quantitative estimate of drug-likeness (QED) is 0.576. The third-order valence-electron chi connectivity index (χ3n) is 4.00. The Bertz CT molecular complexity index is 1160. The van der Waals surface area contributed by atoms with E-state index in [4.69, 9.17) is 4.42 Å². The largest absolute Gasteiger partial charge is 0.423 e. The smallest absolute Gasteiger partial charge is 0.336 e. The number of amides is 1. The van der Waals surface area contributed by atoms with Gasteiger partial charge in [0.25, 0.3) is 5.91 Å². The van der Waals surface area contributed by atoms with Crippen LogP contribution in [0.3, 0.4) is 0 Å². The first-order valence-corrected chi connectivity index (χ1v) is 7.93. The second-order valence-corrected chi connectivity index (χ2v) is 5.70. The second-order valence-electron chi connectivity index (χ2n) is 5.70. The van der Waals surface area contributed by atoms with E-state index < -0.39 is 5.63 Å². The number of hydrogen-bond acceptors (Lipinski definition) is 5. The summed E-state index contributed by atoms with van der Waals surface area (Å²) in [6.45, 7) is 1.81. The van der Waals surface area contributed by atoms with Gasteiger partial charge in [0, 0.05) is 23.3 Å². The highest BCUT2D eigenvalue weighted by Crippen LogP contribution is 2.19. The predicted octanol–water partition coefficient (Wildman–Crippen LogP) is 2.93. The first-order chi connectivity index (χ1) is 12.6. The van der Waals surface area contributed by atoms with Crippen LogP contribution in [0.2, 0.25) is 0 Å². The molecule has 0 saturated heterocycles. The molecule has 0 radical (unpaired) electrons. The maximum Gasteiger partial charge on any atom is 0.336 e. The van der Waals surface area contributed by atoms with E-state index in [0.29, 0.717) is 28.3 Å². The van der Waals surface area contributed by atoms with Gasteiger partial charge in [-0.3, -0.25) is 4.79 Å². The SMILES string of the molecule is Cc1c(C(=O)Nc2ccc3oc(=O)ccc3c2)cnn1-c1ccccn1. The summed E-state index contributed by atoms with van der Waals surface area (Å²) in [6, 6.07) is 13.6. The number of carbonyl (C=O) groups is 1. The topological polar surface area (TPSA) is 90.0 Å². The van der Waals surface area contributed by atoms with Gasteiger partial charge in [-0.15, -0.1) is 0 Å². The molecule has 0 spiro atoms. The summed E-state index contributed by atoms with van der Waals surface area (Å²) >= 11 is 0. The van der Waals surface area contributed by atoms with Crippen molar-refractivity contribution in [1.29, 1.82) is 0 Å². The van der Waals surface area contributed by atoms with Crippen LogP contribution in [0.5, 0.6) is 0 Å². The molecule has 0 aliphatic heterocycles. The summed E-state index contributed by atoms with van der Waals surface area (Å²) in [5, 5.41) is 7.82. The van der Waals surface area contributed by atoms with Crippen molar-refractivity contribution >= 4 is 22.6 Å². The van der Waals surface area contributed by atoms with E-state index in [-0.39, 0.29) is 5.91 Å². The molecule has 0 aliphatic carbocycles. The molecule has 1 aromatic carbocycles. The first-order valence-electron chi connectivity index (χ1n) is 7.93. The highest BCUT2D eigenvalue weighted by atomic mass is 16.4. The average Bonchev–Trinajstić information content (AvgIpc) is 3.04. The molecule has 26 heavy (non-hydrogen) atoms. The molecular weight excluding hydrogens is 332 g/mol. The van der Waals surface area contributed by atoms with Gasteiger partial charge in [0.05, 0.1) is 17.5 Å². The molecule has 4 rings (SSSR count). The third-order valence-corrected chi connectivity index (χ3v) is 4.00. The third kappa shape index (κ3) is 2.86. The summed E-state index contributed by atoms with van der Waals surface area (Å²) in [4.78, 5) is 28.1. The zero-order valence-corrected chi connectivity index (χ0v) is 13.8. The molecule has 0 fully saturated rings. The zero-order valence-electron chi connectivity index (χ0n) is 13.8. The molecule has 7 nitrogen and oxygen atoms in total. The molecule has 1 amide bonds. The molecule has 128 valence electrons. The lowest BCUT2D eigenvalue weighted by molar-refractivity contribution is 0.102. The van der Waals surface area contributed by atoms with Crippen LogP contribution in [0.4, 0.5) is 5.69 Å². The van der Waals surface area contributed by atoms with E-state index in [2.05, 4.69) is 15.4 Å². The lowest BCUT2D eigenvalue weighted by Gasteiger charge is -2.07. The lowest BCUT2D eigenvalue weighted by Crippen LogP contribution is -2.13. The monoisotopic (exact) mass is 346 g/mol. The number of fused-ring (bicyclic) bond motifs is 1. The molecular formula is C19H14N4O3. The number of rotatable bonds is 3. The predicted molar refractivity (Wildman–Crippen MR) is 96.5 cm³/mol. The number of hydrogen-bond donors (Lipinski definition) is 1. The Hall–Kier alpha value is -3.74. The fourth-order valence-electron chi connectivity index (χ4n) is 2.69. The highest BCUT2D eigenvalue weighted by Gasteiger charge is 2.16. The number of carbonyl (C=O) groups excluding carboxylic acids is 1. The summed E-state index contributed by atoms with van der Waals surface area (Å²) in [6.07, 6.45) is 3.18. The molecule has 1 N–H and O–H groups in total. The van der Waals surface area contributed by atoms with Crippen LogP contribution in [0.1, 0.15) is 16.1 Å². The van der Waals surface area contributed by atoms with E-state index in [1.807, 2.05) is 25.1 Å². The summed E-state index contributed by atoms with van der Waals surface area (Å²) < 4.78 is 6.70. The molecule has 4 aromatic rings. The van der Waals surface area contributed by atoms with E-state index in [9.17, 15) is 9.59 Å². The fraction of sp³-hybridized carbons (Fsp3) is 0.0526. The standard InChI is InChI=1S/C19H14N4O3/c1-12-15(11-21-23(12)17-4-2-3-9-20-17)19(25)22-14-6-7-16-13(10-14)5-8-18(24)26-16/h2-11H,1H3,(H,22,25). The number of benzene rings is 1. The van der Waals surface area contributed by atoms with Crippen molar-refractivity contribution in [3.8, 4) is 5.82 Å². The minimum absolute atomic E-state index is 0.276. The molecule has 0 saturated carbocycles. The van der Waals surface area contributed by atoms with Crippen molar-refractivity contribution in [2.24, 2.45) is 0 Å². The Labute approximate surface area is 147 Å². The van der Waals surface area contributed by atoms with Crippen molar-refractivity contribution in [2.45, 2.75) is 6.92 Å². The number of pyridine rings is 1. The molecule has 0 aliphatic rings. The number of anilines is 1. The van der Waals surface area contributed by atoms with E-state index in [1.54, 1.807) is 35.1 Å². The highest BCUT2D eigenvalue weighted by molar-refractivity contribution is 6.05. The average molecular weight is 346 g/mol. The van der Waals surface area contributed by atoms with Gasteiger partial charge in [-0.1, -0.05) is 6.07 Å². The van der Waals surface area contributed by atoms with Crippen LogP contribution in [0.15, 0.2) is 70.1 Å². The van der Waals surface area contributed by atoms with E-state index in [0.717, 1.165) is 5.39 Å². The number of aromatic nitrogens is 3. The van der Waals surface area contributed by atoms with Gasteiger partial charge in [0.1, 0.15) is 5.58 Å². The Balaban J connectivity index is 1.62. The maximum atomic E-state index is 12.6. The van der Waals surface area contributed by atoms with Gasteiger partial charge >= 0.3 is 5.63 Å². The van der Waals surface area contributed by atoms with Crippen LogP contribution < -0.4 is 10.9 Å². The molecule has 0 unspecified atom stereocenters. The lowest BCUT2D eigenvalue weighted by atomic mass is 10.2. The van der Waals surface area contributed by atoms with Crippen molar-refractivity contribution in [3.63, 3.8) is 0 Å². The van der Waals surface area contributed by atoms with E-state index in [1.165, 1.54) is 12.3 Å². The molecule has 3 aromatic heterocycles. The summed E-state index contributed by atoms with van der Waals surface area (Å²) in [5.41, 5.74) is 1.80. The van der Waals surface area contributed by atoms with Gasteiger partial charge in [0.2, 0.25) is 0 Å². The second kappa shape index (κ2) is 6.29. The Kier molecular flexibility index (Phi) is 3.81. The molecule has 7 heteroatoms. The Morgan fingerprint density at radius 2 is 2.04 bits per heavy atom. The molecule has 0 atom stereocenters. The van der Waals surface area contributed by atoms with Crippen LogP contribution in [0, 0.1) is 6.92 Å². The maximum absolute atomic E-state index is 12.6. The van der Waals surface area contributed by atoms with Crippen molar-refractivity contribution in [1.82, 2.24) is 14.8 Å². The van der Waals surface area contributed by atoms with Crippen LogP contribution >= 0.6 is 0 Å². The number of nitrogens with one attached hydrogen (secondary N) is 1. The zero-order chi connectivity index (χ0) is 18.1. The van der Waals surface area contributed by atoms with Crippen LogP contribution in [0.25, 0.3) is 16.8 Å². The van der Waals surface area contributed by atoms with Gasteiger partial charge in [-0.25, -0.2) is 14.5 Å². The normalized spacial score (nSPS) is 10.8. The van der Waals surface area contributed by atoms with Crippen molar-refractivity contribution in [2.75, 3.05) is 5.32 Å². The number of nitrogens with zero attached hydrogens (tertiary/aromatic N) is 3. The minimum Gasteiger partial charge on any atom is -0.423 e. The summed E-state index contributed by atoms with van der Waals surface area (Å²) in [5.74, 6) is 0.367. The Morgan fingerprint density at radius 1 is 1.15 bits per heavy atom. The van der Waals surface area contributed by atoms with Gasteiger partial charge in [0.15, 0.2) is 5.82 Å². The Morgan fingerprint density at radius 3 is 2.85 bits per heavy atom. The van der Waals surface area contributed by atoms with E-state index >= 15 is 0 Å². The summed E-state index contributed by atoms with van der Waals surface area (Å²) in [7, 11) is 0. The molecule has 0 bridgehead atoms. The fourth-order valence-corrected chi connectivity index (χ4v) is 2.69. The minimum atomic E-state index is -0.410. The van der Waals surface area contributed by atoms with Crippen LogP contribution in [-0.2, 0) is 0 Å². The first kappa shape index (κ1) is 15.8. The van der Waals surface area contributed by atoms with Crippen LogP contribution in [-0.4, -0.2) is 20.7 Å².